The zero-order valence-corrected chi connectivity index (χ0v) is 10.5. The molecule has 0 saturated carbocycles. The number of nitrogens with two attached hydrogens (primary N) is 1. The van der Waals surface area contributed by atoms with Gasteiger partial charge in [0.15, 0.2) is 0 Å². The fraction of sp³-hybridized carbons (Fsp3) is 0.667. The van der Waals surface area contributed by atoms with Crippen molar-refractivity contribution in [1.82, 2.24) is 9.97 Å². The quantitative estimate of drug-likeness (QED) is 0.829. The maximum atomic E-state index is 6.02. The van der Waals surface area contributed by atoms with Crippen molar-refractivity contribution in [2.24, 2.45) is 5.73 Å². The Bertz CT molecular complexity index is 341. The predicted molar refractivity (Wildman–Crippen MR) is 64.6 cm³/mol. The molecule has 1 aromatic heterocycles. The lowest BCUT2D eigenvalue weighted by atomic mass is 9.97. The van der Waals surface area contributed by atoms with Crippen molar-refractivity contribution in [3.63, 3.8) is 0 Å². The minimum Gasteiger partial charge on any atom is -0.478 e. The standard InChI is InChI=1S/C12H21N3O/c1-5-10(13)8(3)11-7-12(16-6-2)15-9(4)14-11/h7-8,10H,5-6,13H2,1-4H3. The summed E-state index contributed by atoms with van der Waals surface area (Å²) in [6.45, 7) is 8.60. The predicted octanol–water partition coefficient (Wildman–Crippen LogP) is 2.02. The average Bonchev–Trinajstić information content (AvgIpc) is 2.26. The molecule has 1 aromatic rings. The van der Waals surface area contributed by atoms with E-state index in [1.165, 1.54) is 0 Å². The molecule has 1 heterocycles. The molecule has 0 aliphatic carbocycles. The molecule has 16 heavy (non-hydrogen) atoms. The van der Waals surface area contributed by atoms with Gasteiger partial charge in [-0.15, -0.1) is 0 Å². The molecule has 0 radical (unpaired) electrons. The van der Waals surface area contributed by atoms with Gasteiger partial charge in [-0.3, -0.25) is 0 Å². The van der Waals surface area contributed by atoms with Crippen molar-refractivity contribution in [1.29, 1.82) is 0 Å². The van der Waals surface area contributed by atoms with Gasteiger partial charge in [-0.1, -0.05) is 13.8 Å². The van der Waals surface area contributed by atoms with Crippen molar-refractivity contribution in [2.45, 2.75) is 46.1 Å². The number of nitrogens with zero attached hydrogens (tertiary/aromatic N) is 2. The molecule has 0 saturated heterocycles. The molecular formula is C12H21N3O. The van der Waals surface area contributed by atoms with Crippen molar-refractivity contribution in [3.05, 3.63) is 17.6 Å². The van der Waals surface area contributed by atoms with Crippen LogP contribution in [0.5, 0.6) is 5.88 Å². The van der Waals surface area contributed by atoms with Gasteiger partial charge in [0, 0.05) is 18.0 Å². The number of hydrogen-bond acceptors (Lipinski definition) is 4. The van der Waals surface area contributed by atoms with Gasteiger partial charge in [0.05, 0.1) is 12.3 Å². The maximum absolute atomic E-state index is 6.02. The molecule has 2 unspecified atom stereocenters. The minimum absolute atomic E-state index is 0.128. The fourth-order valence-corrected chi connectivity index (χ4v) is 1.59. The van der Waals surface area contributed by atoms with Crippen molar-refractivity contribution < 1.29 is 4.74 Å². The summed E-state index contributed by atoms with van der Waals surface area (Å²) in [5, 5.41) is 0. The Morgan fingerprint density at radius 3 is 2.62 bits per heavy atom. The highest BCUT2D eigenvalue weighted by molar-refractivity contribution is 5.20. The van der Waals surface area contributed by atoms with Gasteiger partial charge in [0.1, 0.15) is 5.82 Å². The molecular weight excluding hydrogens is 202 g/mol. The van der Waals surface area contributed by atoms with E-state index >= 15 is 0 Å². The van der Waals surface area contributed by atoms with Gasteiger partial charge in [-0.2, -0.15) is 4.98 Å². The SMILES string of the molecule is CCOc1cc(C(C)C(N)CC)nc(C)n1. The summed E-state index contributed by atoms with van der Waals surface area (Å²) in [4.78, 5) is 8.63. The highest BCUT2D eigenvalue weighted by atomic mass is 16.5. The third-order valence-electron chi connectivity index (χ3n) is 2.71. The van der Waals surface area contributed by atoms with Crippen LogP contribution in [0.15, 0.2) is 6.07 Å². The lowest BCUT2D eigenvalue weighted by molar-refractivity contribution is 0.324. The largest absolute Gasteiger partial charge is 0.478 e. The second-order valence-electron chi connectivity index (χ2n) is 3.97. The fourth-order valence-electron chi connectivity index (χ4n) is 1.59. The average molecular weight is 223 g/mol. The third kappa shape index (κ3) is 3.17. The molecule has 1 rings (SSSR count). The van der Waals surface area contributed by atoms with Crippen LogP contribution in [-0.4, -0.2) is 22.6 Å². The van der Waals surface area contributed by atoms with Gasteiger partial charge < -0.3 is 10.5 Å². The summed E-state index contributed by atoms with van der Waals surface area (Å²) in [5.74, 6) is 1.60. The first kappa shape index (κ1) is 12.9. The Balaban J connectivity index is 2.94. The van der Waals surface area contributed by atoms with E-state index in [2.05, 4.69) is 23.8 Å². The van der Waals surface area contributed by atoms with E-state index in [4.69, 9.17) is 10.5 Å². The number of rotatable bonds is 5. The zero-order chi connectivity index (χ0) is 12.1. The first-order chi connectivity index (χ1) is 7.58. The Kier molecular flexibility index (Phi) is 4.68. The highest BCUT2D eigenvalue weighted by Crippen LogP contribution is 2.21. The molecule has 2 atom stereocenters. The molecule has 0 aliphatic rings. The summed E-state index contributed by atoms with van der Waals surface area (Å²) in [5.41, 5.74) is 6.98. The van der Waals surface area contributed by atoms with Crippen LogP contribution in [0, 0.1) is 6.92 Å². The smallest absolute Gasteiger partial charge is 0.216 e. The van der Waals surface area contributed by atoms with Crippen LogP contribution in [0.1, 0.15) is 44.6 Å². The molecule has 0 fully saturated rings. The van der Waals surface area contributed by atoms with Crippen LogP contribution >= 0.6 is 0 Å². The highest BCUT2D eigenvalue weighted by Gasteiger charge is 2.16. The van der Waals surface area contributed by atoms with Crippen LogP contribution in [0.25, 0.3) is 0 Å². The number of ether oxygens (including phenoxy) is 1. The van der Waals surface area contributed by atoms with Gasteiger partial charge in [0.2, 0.25) is 5.88 Å². The number of aromatic nitrogens is 2. The Labute approximate surface area is 97.2 Å². The zero-order valence-electron chi connectivity index (χ0n) is 10.5. The monoisotopic (exact) mass is 223 g/mol. The number of hydrogen-bond donors (Lipinski definition) is 1. The van der Waals surface area contributed by atoms with Crippen LogP contribution in [0.4, 0.5) is 0 Å². The lowest BCUT2D eigenvalue weighted by Gasteiger charge is -2.18. The molecule has 0 bridgehead atoms. The van der Waals surface area contributed by atoms with E-state index in [0.29, 0.717) is 12.5 Å². The van der Waals surface area contributed by atoms with Gasteiger partial charge in [-0.05, 0) is 20.3 Å². The van der Waals surface area contributed by atoms with E-state index in [1.807, 2.05) is 19.9 Å². The first-order valence-corrected chi connectivity index (χ1v) is 5.82. The summed E-state index contributed by atoms with van der Waals surface area (Å²) in [7, 11) is 0. The summed E-state index contributed by atoms with van der Waals surface area (Å²) < 4.78 is 5.40. The van der Waals surface area contributed by atoms with Crippen LogP contribution < -0.4 is 10.5 Å². The van der Waals surface area contributed by atoms with Crippen LogP contribution in [0.3, 0.4) is 0 Å². The first-order valence-electron chi connectivity index (χ1n) is 5.82. The van der Waals surface area contributed by atoms with E-state index in [-0.39, 0.29) is 12.0 Å². The van der Waals surface area contributed by atoms with Crippen LogP contribution in [0.2, 0.25) is 0 Å². The molecule has 0 aromatic carbocycles. The molecule has 0 aliphatic heterocycles. The Morgan fingerprint density at radius 1 is 1.38 bits per heavy atom. The second kappa shape index (κ2) is 5.80. The summed E-state index contributed by atoms with van der Waals surface area (Å²) in [6.07, 6.45) is 0.939. The molecule has 4 nitrogen and oxygen atoms in total. The third-order valence-corrected chi connectivity index (χ3v) is 2.71. The van der Waals surface area contributed by atoms with Gasteiger partial charge >= 0.3 is 0 Å². The molecule has 2 N–H and O–H groups in total. The molecule has 4 heteroatoms. The van der Waals surface area contributed by atoms with E-state index in [1.54, 1.807) is 0 Å². The van der Waals surface area contributed by atoms with E-state index in [0.717, 1.165) is 17.9 Å². The summed E-state index contributed by atoms with van der Waals surface area (Å²) >= 11 is 0. The van der Waals surface area contributed by atoms with Crippen molar-refractivity contribution >= 4 is 0 Å². The van der Waals surface area contributed by atoms with Gasteiger partial charge in [0.25, 0.3) is 0 Å². The van der Waals surface area contributed by atoms with Crippen molar-refractivity contribution in [3.8, 4) is 5.88 Å². The minimum atomic E-state index is 0.128. The van der Waals surface area contributed by atoms with Gasteiger partial charge in [-0.25, -0.2) is 4.98 Å². The Morgan fingerprint density at radius 2 is 2.06 bits per heavy atom. The number of aryl methyl sites for hydroxylation is 1. The van der Waals surface area contributed by atoms with E-state index < -0.39 is 0 Å². The summed E-state index contributed by atoms with van der Waals surface area (Å²) in [6, 6.07) is 2.01. The topological polar surface area (TPSA) is 61.0 Å². The molecule has 0 amide bonds. The normalized spacial score (nSPS) is 14.6. The molecule has 0 spiro atoms. The maximum Gasteiger partial charge on any atom is 0.216 e. The Hall–Kier alpha value is -1.16. The second-order valence-corrected chi connectivity index (χ2v) is 3.97. The molecule has 90 valence electrons. The van der Waals surface area contributed by atoms with Crippen LogP contribution in [-0.2, 0) is 0 Å². The van der Waals surface area contributed by atoms with Crippen molar-refractivity contribution in [2.75, 3.05) is 6.61 Å². The van der Waals surface area contributed by atoms with E-state index in [9.17, 15) is 0 Å². The lowest BCUT2D eigenvalue weighted by Crippen LogP contribution is -2.26.